The molecule has 0 bridgehead atoms. The lowest BCUT2D eigenvalue weighted by molar-refractivity contribution is 0.469. The van der Waals surface area contributed by atoms with Crippen molar-refractivity contribution in [3.63, 3.8) is 0 Å². The summed E-state index contributed by atoms with van der Waals surface area (Å²) in [4.78, 5) is 0. The summed E-state index contributed by atoms with van der Waals surface area (Å²) in [7, 11) is 0. The predicted octanol–water partition coefficient (Wildman–Crippen LogP) is 8.02. The molecule has 0 aliphatic carbocycles. The van der Waals surface area contributed by atoms with Crippen LogP contribution in [0.4, 0.5) is 0 Å². The quantitative estimate of drug-likeness (QED) is 0.317. The van der Waals surface area contributed by atoms with Crippen molar-refractivity contribution < 1.29 is 5.11 Å². The number of phenols is 1. The molecule has 4 aromatic carbocycles. The molecule has 174 valence electrons. The molecule has 1 heteroatoms. The first-order valence-corrected chi connectivity index (χ1v) is 12.2. The highest BCUT2D eigenvalue weighted by Gasteiger charge is 2.13. The molecule has 1 N–H and O–H groups in total. The highest BCUT2D eigenvalue weighted by Crippen LogP contribution is 2.29. The first kappa shape index (κ1) is 23.8. The number of phenolic OH excluding ortho intramolecular Hbond substituents is 1. The van der Waals surface area contributed by atoms with Crippen LogP contribution < -0.4 is 0 Å². The summed E-state index contributed by atoms with van der Waals surface area (Å²) in [5.41, 5.74) is 15.6. The van der Waals surface area contributed by atoms with Gasteiger partial charge in [0.05, 0.1) is 0 Å². The monoisotopic (exact) mass is 448 g/mol. The van der Waals surface area contributed by atoms with Crippen molar-refractivity contribution in [3.8, 4) is 5.75 Å². The molecule has 0 aromatic heterocycles. The molecule has 34 heavy (non-hydrogen) atoms. The molecule has 4 aromatic rings. The van der Waals surface area contributed by atoms with Crippen molar-refractivity contribution in [1.29, 1.82) is 0 Å². The minimum atomic E-state index is 0.378. The van der Waals surface area contributed by atoms with Gasteiger partial charge in [-0.2, -0.15) is 0 Å². The van der Waals surface area contributed by atoms with Gasteiger partial charge in [-0.15, -0.1) is 0 Å². The number of aromatic hydroxyl groups is 1. The summed E-state index contributed by atoms with van der Waals surface area (Å²) in [6, 6.07) is 24.0. The van der Waals surface area contributed by atoms with E-state index in [1.54, 1.807) is 0 Å². The van der Waals surface area contributed by atoms with Crippen molar-refractivity contribution in [1.82, 2.24) is 0 Å². The minimum absolute atomic E-state index is 0.378. The normalized spacial score (nSPS) is 11.1. The summed E-state index contributed by atoms with van der Waals surface area (Å²) >= 11 is 0. The molecule has 0 spiro atoms. The molecule has 0 heterocycles. The molecule has 0 amide bonds. The average Bonchev–Trinajstić information content (AvgIpc) is 2.77. The molecule has 0 radical (unpaired) electrons. The van der Waals surface area contributed by atoms with E-state index in [1.807, 2.05) is 12.1 Å². The third-order valence-corrected chi connectivity index (χ3v) is 7.01. The molecule has 0 aliphatic rings. The SMILES string of the molecule is Cc1cccc(Cc2cc(C)cc(Cc3cc(C)cc(Cc4cc(C)ccc4O)c3C)c2C)c1. The molecule has 0 unspecified atom stereocenters. The second-order valence-corrected chi connectivity index (χ2v) is 10.1. The van der Waals surface area contributed by atoms with E-state index >= 15 is 0 Å². The molecule has 0 fully saturated rings. The summed E-state index contributed by atoms with van der Waals surface area (Å²) < 4.78 is 0. The van der Waals surface area contributed by atoms with Gasteiger partial charge in [0.1, 0.15) is 5.75 Å². The Labute approximate surface area is 205 Å². The molecule has 0 saturated heterocycles. The van der Waals surface area contributed by atoms with E-state index in [9.17, 15) is 5.11 Å². The zero-order valence-electron chi connectivity index (χ0n) is 21.4. The van der Waals surface area contributed by atoms with E-state index in [4.69, 9.17) is 0 Å². The lowest BCUT2D eigenvalue weighted by atomic mass is 9.87. The van der Waals surface area contributed by atoms with Crippen LogP contribution in [0.3, 0.4) is 0 Å². The Balaban J connectivity index is 1.67. The molecular formula is C33H36O. The standard InChI is InChI=1S/C33H36O/c1-21-8-7-9-27(12-21)18-28-14-23(3)15-29(25(28)5)19-30-16-24(4)17-31(26(30)6)20-32-13-22(2)10-11-33(32)34/h7-17,34H,18-20H2,1-6H3. The van der Waals surface area contributed by atoms with Gasteiger partial charge in [0, 0.05) is 6.42 Å². The van der Waals surface area contributed by atoms with Crippen LogP contribution in [0.1, 0.15) is 66.8 Å². The average molecular weight is 449 g/mol. The fourth-order valence-corrected chi connectivity index (χ4v) is 5.07. The Hall–Kier alpha value is -3.32. The van der Waals surface area contributed by atoms with Crippen molar-refractivity contribution >= 4 is 0 Å². The van der Waals surface area contributed by atoms with Gasteiger partial charge in [0.2, 0.25) is 0 Å². The largest absolute Gasteiger partial charge is 0.508 e. The summed E-state index contributed by atoms with van der Waals surface area (Å²) in [5.74, 6) is 0.378. The maximum atomic E-state index is 10.4. The number of rotatable bonds is 6. The molecule has 1 nitrogen and oxygen atoms in total. The number of benzene rings is 4. The van der Waals surface area contributed by atoms with E-state index in [0.29, 0.717) is 5.75 Å². The van der Waals surface area contributed by atoms with E-state index in [-0.39, 0.29) is 0 Å². The Morgan fingerprint density at radius 3 is 1.50 bits per heavy atom. The highest BCUT2D eigenvalue weighted by molar-refractivity contribution is 5.48. The Bertz CT molecular complexity index is 1340. The van der Waals surface area contributed by atoms with Crippen LogP contribution in [-0.2, 0) is 19.3 Å². The summed E-state index contributed by atoms with van der Waals surface area (Å²) in [5, 5.41) is 10.4. The van der Waals surface area contributed by atoms with E-state index in [2.05, 4.69) is 96.1 Å². The van der Waals surface area contributed by atoms with Crippen LogP contribution in [-0.4, -0.2) is 5.11 Å². The van der Waals surface area contributed by atoms with E-state index in [1.165, 1.54) is 61.2 Å². The Morgan fingerprint density at radius 2 is 0.941 bits per heavy atom. The fourth-order valence-electron chi connectivity index (χ4n) is 5.07. The molecule has 0 saturated carbocycles. The second kappa shape index (κ2) is 9.89. The van der Waals surface area contributed by atoms with E-state index < -0.39 is 0 Å². The van der Waals surface area contributed by atoms with Gasteiger partial charge in [-0.1, -0.05) is 82.9 Å². The van der Waals surface area contributed by atoms with Crippen LogP contribution in [0.5, 0.6) is 5.75 Å². The Kier molecular flexibility index (Phi) is 6.93. The Morgan fingerprint density at radius 1 is 0.471 bits per heavy atom. The second-order valence-electron chi connectivity index (χ2n) is 10.1. The van der Waals surface area contributed by atoms with Gasteiger partial charge in [-0.3, -0.25) is 0 Å². The lowest BCUT2D eigenvalue weighted by Crippen LogP contribution is -2.03. The maximum Gasteiger partial charge on any atom is 0.119 e. The lowest BCUT2D eigenvalue weighted by Gasteiger charge is -2.18. The summed E-state index contributed by atoms with van der Waals surface area (Å²) in [6.45, 7) is 13.1. The first-order chi connectivity index (χ1) is 16.2. The molecule has 0 aliphatic heterocycles. The number of aryl methyl sites for hydroxylation is 4. The number of hydrogen-bond acceptors (Lipinski definition) is 1. The third kappa shape index (κ3) is 5.42. The molecule has 0 atom stereocenters. The van der Waals surface area contributed by atoms with Crippen LogP contribution in [0, 0.1) is 41.5 Å². The predicted molar refractivity (Wildman–Crippen MR) is 144 cm³/mol. The minimum Gasteiger partial charge on any atom is -0.508 e. The molecule has 4 rings (SSSR count). The van der Waals surface area contributed by atoms with Crippen LogP contribution in [0.25, 0.3) is 0 Å². The van der Waals surface area contributed by atoms with Gasteiger partial charge in [-0.25, -0.2) is 0 Å². The van der Waals surface area contributed by atoms with Crippen LogP contribution >= 0.6 is 0 Å². The van der Waals surface area contributed by atoms with Gasteiger partial charge in [0.25, 0.3) is 0 Å². The first-order valence-electron chi connectivity index (χ1n) is 12.2. The van der Waals surface area contributed by atoms with Gasteiger partial charge in [0.15, 0.2) is 0 Å². The van der Waals surface area contributed by atoms with Crippen LogP contribution in [0.2, 0.25) is 0 Å². The number of hydrogen-bond donors (Lipinski definition) is 1. The fraction of sp³-hybridized carbons (Fsp3) is 0.273. The highest BCUT2D eigenvalue weighted by atomic mass is 16.3. The summed E-state index contributed by atoms with van der Waals surface area (Å²) in [6.07, 6.45) is 2.64. The zero-order valence-corrected chi connectivity index (χ0v) is 21.4. The van der Waals surface area contributed by atoms with Gasteiger partial charge < -0.3 is 5.11 Å². The third-order valence-electron chi connectivity index (χ3n) is 7.01. The van der Waals surface area contributed by atoms with Crippen molar-refractivity contribution in [3.05, 3.63) is 133 Å². The van der Waals surface area contributed by atoms with Gasteiger partial charge in [-0.05, 0) is 105 Å². The molecular weight excluding hydrogens is 412 g/mol. The van der Waals surface area contributed by atoms with E-state index in [0.717, 1.165) is 24.8 Å². The van der Waals surface area contributed by atoms with Crippen LogP contribution in [0.15, 0.2) is 66.7 Å². The maximum absolute atomic E-state index is 10.4. The topological polar surface area (TPSA) is 20.2 Å². The van der Waals surface area contributed by atoms with Crippen molar-refractivity contribution in [2.24, 2.45) is 0 Å². The smallest absolute Gasteiger partial charge is 0.119 e. The van der Waals surface area contributed by atoms with Crippen molar-refractivity contribution in [2.45, 2.75) is 60.8 Å². The van der Waals surface area contributed by atoms with Crippen molar-refractivity contribution in [2.75, 3.05) is 0 Å². The van der Waals surface area contributed by atoms with Gasteiger partial charge >= 0.3 is 0 Å². The zero-order chi connectivity index (χ0) is 24.4.